The van der Waals surface area contributed by atoms with Gasteiger partial charge >= 0.3 is 0 Å². The lowest BCUT2D eigenvalue weighted by molar-refractivity contribution is -0.117. The molecule has 1 atom stereocenters. The lowest BCUT2D eigenvalue weighted by atomic mass is 10.4. The minimum Gasteiger partial charge on any atom is -0.383 e. The molecule has 1 amide bonds. The Kier molecular flexibility index (Phi) is 2.47. The van der Waals surface area contributed by atoms with E-state index in [0.717, 1.165) is 0 Å². The number of hydrogen-bond acceptors (Lipinski definition) is 5. The van der Waals surface area contributed by atoms with Crippen LogP contribution in [0.15, 0.2) is 6.07 Å². The molecule has 1 aliphatic heterocycles. The number of carbonyl (C=O) groups is 1. The number of nitrogens with zero attached hydrogens (tertiary/aromatic N) is 3. The first-order valence-electron chi connectivity index (χ1n) is 4.40. The SMILES string of the molecule is Nc1cc(N)nc(N2CC(Br)CC2=O)n1. The van der Waals surface area contributed by atoms with E-state index in [0.29, 0.717) is 13.0 Å². The Labute approximate surface area is 94.8 Å². The number of alkyl halides is 1. The molecule has 2 rings (SSSR count). The quantitative estimate of drug-likeness (QED) is 0.708. The Balaban J connectivity index is 2.33. The number of hydrogen-bond donors (Lipinski definition) is 2. The molecule has 6 nitrogen and oxygen atoms in total. The van der Waals surface area contributed by atoms with Crippen molar-refractivity contribution in [3.63, 3.8) is 0 Å². The van der Waals surface area contributed by atoms with Crippen LogP contribution in [-0.2, 0) is 4.79 Å². The monoisotopic (exact) mass is 271 g/mol. The second-order valence-electron chi connectivity index (χ2n) is 3.32. The van der Waals surface area contributed by atoms with Crippen molar-refractivity contribution < 1.29 is 4.79 Å². The van der Waals surface area contributed by atoms with Gasteiger partial charge in [0.15, 0.2) is 0 Å². The van der Waals surface area contributed by atoms with Gasteiger partial charge in [-0.2, -0.15) is 9.97 Å². The van der Waals surface area contributed by atoms with Crippen molar-refractivity contribution in [3.05, 3.63) is 6.07 Å². The van der Waals surface area contributed by atoms with Gasteiger partial charge in [-0.15, -0.1) is 0 Å². The fraction of sp³-hybridized carbons (Fsp3) is 0.375. The highest BCUT2D eigenvalue weighted by molar-refractivity contribution is 9.09. The minimum atomic E-state index is -0.0260. The van der Waals surface area contributed by atoms with Gasteiger partial charge in [0, 0.05) is 23.9 Å². The first-order chi connectivity index (χ1) is 7.06. The Morgan fingerprint density at radius 1 is 1.40 bits per heavy atom. The van der Waals surface area contributed by atoms with Gasteiger partial charge < -0.3 is 11.5 Å². The first kappa shape index (κ1) is 10.2. The third kappa shape index (κ3) is 2.01. The molecule has 0 spiro atoms. The molecule has 0 aromatic carbocycles. The summed E-state index contributed by atoms with van der Waals surface area (Å²) in [7, 11) is 0. The van der Waals surface area contributed by atoms with E-state index in [1.54, 1.807) is 0 Å². The van der Waals surface area contributed by atoms with Gasteiger partial charge in [-0.1, -0.05) is 15.9 Å². The average molecular weight is 272 g/mol. The third-order valence-corrected chi connectivity index (χ3v) is 2.69. The van der Waals surface area contributed by atoms with Crippen LogP contribution in [0.25, 0.3) is 0 Å². The summed E-state index contributed by atoms with van der Waals surface area (Å²) in [4.78, 5) is 21.1. The number of carbonyl (C=O) groups excluding carboxylic acids is 1. The Hall–Kier alpha value is -1.37. The van der Waals surface area contributed by atoms with Crippen molar-refractivity contribution >= 4 is 39.4 Å². The minimum absolute atomic E-state index is 0.0260. The van der Waals surface area contributed by atoms with Crippen LogP contribution in [0.5, 0.6) is 0 Å². The lowest BCUT2D eigenvalue weighted by Gasteiger charge is -2.13. The largest absolute Gasteiger partial charge is 0.383 e. The van der Waals surface area contributed by atoms with Crippen LogP contribution >= 0.6 is 15.9 Å². The van der Waals surface area contributed by atoms with Crippen molar-refractivity contribution in [1.82, 2.24) is 9.97 Å². The molecule has 1 fully saturated rings. The number of amides is 1. The zero-order valence-corrected chi connectivity index (χ0v) is 9.44. The van der Waals surface area contributed by atoms with Gasteiger partial charge in [0.05, 0.1) is 0 Å². The summed E-state index contributed by atoms with van der Waals surface area (Å²) in [6.07, 6.45) is 0.443. The van der Waals surface area contributed by atoms with Gasteiger partial charge in [0.1, 0.15) is 11.6 Å². The molecule has 2 heterocycles. The van der Waals surface area contributed by atoms with Gasteiger partial charge in [-0.3, -0.25) is 9.69 Å². The predicted molar refractivity (Wildman–Crippen MR) is 60.5 cm³/mol. The fourth-order valence-electron chi connectivity index (χ4n) is 1.45. The fourth-order valence-corrected chi connectivity index (χ4v) is 2.02. The van der Waals surface area contributed by atoms with Gasteiger partial charge in [0.25, 0.3) is 0 Å². The molecule has 80 valence electrons. The van der Waals surface area contributed by atoms with Crippen LogP contribution in [0.4, 0.5) is 17.6 Å². The molecule has 1 aromatic heterocycles. The number of halogens is 1. The summed E-state index contributed by atoms with van der Waals surface area (Å²) in [5.74, 6) is 0.785. The van der Waals surface area contributed by atoms with Crippen molar-refractivity contribution in [2.45, 2.75) is 11.2 Å². The normalized spacial score (nSPS) is 21.0. The molecular weight excluding hydrogens is 262 g/mol. The van der Waals surface area contributed by atoms with Crippen molar-refractivity contribution in [2.75, 3.05) is 22.9 Å². The first-order valence-corrected chi connectivity index (χ1v) is 5.32. The second-order valence-corrected chi connectivity index (χ2v) is 4.62. The molecule has 0 bridgehead atoms. The Morgan fingerprint density at radius 3 is 2.47 bits per heavy atom. The van der Waals surface area contributed by atoms with E-state index in [4.69, 9.17) is 11.5 Å². The molecular formula is C8H10BrN5O. The van der Waals surface area contributed by atoms with Gasteiger partial charge in [-0.25, -0.2) is 0 Å². The molecule has 1 aliphatic rings. The average Bonchev–Trinajstić information content (AvgIpc) is 2.43. The topological polar surface area (TPSA) is 98.1 Å². The van der Waals surface area contributed by atoms with Crippen LogP contribution in [0.2, 0.25) is 0 Å². The van der Waals surface area contributed by atoms with E-state index in [1.807, 2.05) is 0 Å². The standard InChI is InChI=1S/C8H10BrN5O/c9-4-1-7(15)14(3-4)8-12-5(10)2-6(11)13-8/h2,4H,1,3H2,(H4,10,11,12,13). The number of nitrogens with two attached hydrogens (primary N) is 2. The molecule has 1 unspecified atom stereocenters. The lowest BCUT2D eigenvalue weighted by Crippen LogP contribution is -2.27. The van der Waals surface area contributed by atoms with Crippen LogP contribution < -0.4 is 16.4 Å². The number of nitrogen functional groups attached to an aromatic ring is 2. The van der Waals surface area contributed by atoms with Crippen molar-refractivity contribution in [2.24, 2.45) is 0 Å². The highest BCUT2D eigenvalue weighted by atomic mass is 79.9. The van der Waals surface area contributed by atoms with Crippen LogP contribution in [0, 0.1) is 0 Å². The summed E-state index contributed by atoms with van der Waals surface area (Å²) in [6.45, 7) is 0.543. The maximum absolute atomic E-state index is 11.5. The van der Waals surface area contributed by atoms with E-state index < -0.39 is 0 Å². The molecule has 0 radical (unpaired) electrons. The molecule has 7 heteroatoms. The predicted octanol–water partition coefficient (Wildman–Crippen LogP) is 0.141. The molecule has 0 saturated carbocycles. The Morgan fingerprint density at radius 2 is 2.00 bits per heavy atom. The number of rotatable bonds is 1. The maximum atomic E-state index is 11.5. The van der Waals surface area contributed by atoms with Crippen LogP contribution in [0.1, 0.15) is 6.42 Å². The zero-order valence-electron chi connectivity index (χ0n) is 7.85. The van der Waals surface area contributed by atoms with Crippen LogP contribution in [-0.4, -0.2) is 27.2 Å². The summed E-state index contributed by atoms with van der Waals surface area (Å²) in [6, 6.07) is 1.45. The van der Waals surface area contributed by atoms with E-state index in [1.165, 1.54) is 11.0 Å². The van der Waals surface area contributed by atoms with E-state index in [-0.39, 0.29) is 28.3 Å². The van der Waals surface area contributed by atoms with Crippen LogP contribution in [0.3, 0.4) is 0 Å². The molecule has 0 aliphatic carbocycles. The van der Waals surface area contributed by atoms with Gasteiger partial charge in [-0.05, 0) is 0 Å². The van der Waals surface area contributed by atoms with Gasteiger partial charge in [0.2, 0.25) is 11.9 Å². The van der Waals surface area contributed by atoms with E-state index >= 15 is 0 Å². The molecule has 15 heavy (non-hydrogen) atoms. The Bertz CT molecular complexity index is 390. The maximum Gasteiger partial charge on any atom is 0.236 e. The number of anilines is 3. The highest BCUT2D eigenvalue weighted by Crippen LogP contribution is 2.23. The summed E-state index contributed by atoms with van der Waals surface area (Å²) in [5.41, 5.74) is 11.1. The molecule has 1 aromatic rings. The molecule has 4 N–H and O–H groups in total. The zero-order chi connectivity index (χ0) is 11.0. The summed E-state index contributed by atoms with van der Waals surface area (Å²) in [5, 5.41) is 0. The third-order valence-electron chi connectivity index (χ3n) is 2.07. The van der Waals surface area contributed by atoms with E-state index in [2.05, 4.69) is 25.9 Å². The highest BCUT2D eigenvalue weighted by Gasteiger charge is 2.30. The van der Waals surface area contributed by atoms with Crippen molar-refractivity contribution in [3.8, 4) is 0 Å². The molecule has 1 saturated heterocycles. The second kappa shape index (κ2) is 3.65. The van der Waals surface area contributed by atoms with Crippen molar-refractivity contribution in [1.29, 1.82) is 0 Å². The smallest absolute Gasteiger partial charge is 0.236 e. The number of aromatic nitrogens is 2. The summed E-state index contributed by atoms with van der Waals surface area (Å²) < 4.78 is 0. The summed E-state index contributed by atoms with van der Waals surface area (Å²) >= 11 is 3.37. The van der Waals surface area contributed by atoms with E-state index in [9.17, 15) is 4.79 Å².